The number of hydrogen-bond acceptors (Lipinski definition) is 4. The molecule has 4 nitrogen and oxygen atoms in total. The van der Waals surface area contributed by atoms with E-state index in [9.17, 15) is 0 Å². The van der Waals surface area contributed by atoms with E-state index in [0.717, 1.165) is 18.5 Å². The van der Waals surface area contributed by atoms with Crippen LogP contribution in [-0.4, -0.2) is 16.6 Å². The molecule has 1 atom stereocenters. The van der Waals surface area contributed by atoms with Gasteiger partial charge < -0.3 is 10.5 Å². The number of aromatic nitrogens is 2. The summed E-state index contributed by atoms with van der Waals surface area (Å²) in [5, 5.41) is 0. The summed E-state index contributed by atoms with van der Waals surface area (Å²) in [6, 6.07) is 1.85. The minimum Gasteiger partial charge on any atom is -0.384 e. The predicted octanol–water partition coefficient (Wildman–Crippen LogP) is 2.74. The molecule has 0 amide bonds. The smallest absolute Gasteiger partial charge is 0.159 e. The van der Waals surface area contributed by atoms with Crippen molar-refractivity contribution in [3.05, 3.63) is 17.6 Å². The first kappa shape index (κ1) is 13.9. The molecule has 0 radical (unpaired) electrons. The second kappa shape index (κ2) is 6.55. The molecule has 0 aliphatic rings. The van der Waals surface area contributed by atoms with Crippen LogP contribution in [0.4, 0.5) is 5.82 Å². The summed E-state index contributed by atoms with van der Waals surface area (Å²) in [6.07, 6.45) is 1.73. The normalized spacial score (nSPS) is 13.0. The average molecular weight is 237 g/mol. The van der Waals surface area contributed by atoms with Crippen molar-refractivity contribution in [1.29, 1.82) is 0 Å². The van der Waals surface area contributed by atoms with Gasteiger partial charge in [0.25, 0.3) is 0 Å². The first-order valence-electron chi connectivity index (χ1n) is 6.31. The van der Waals surface area contributed by atoms with Crippen LogP contribution in [0.25, 0.3) is 0 Å². The summed E-state index contributed by atoms with van der Waals surface area (Å²) in [6.45, 7) is 9.03. The number of nitrogens with two attached hydrogens (primary N) is 1. The van der Waals surface area contributed by atoms with E-state index in [1.54, 1.807) is 0 Å². The molecule has 0 aliphatic heterocycles. The molecule has 2 N–H and O–H groups in total. The molecule has 1 aromatic rings. The number of ether oxygens (including phenoxy) is 1. The van der Waals surface area contributed by atoms with Crippen molar-refractivity contribution in [2.75, 3.05) is 12.3 Å². The van der Waals surface area contributed by atoms with E-state index in [4.69, 9.17) is 10.5 Å². The zero-order chi connectivity index (χ0) is 12.8. The minimum atomic E-state index is -0.0468. The van der Waals surface area contributed by atoms with Crippen LogP contribution >= 0.6 is 0 Å². The van der Waals surface area contributed by atoms with E-state index >= 15 is 0 Å². The third-order valence-electron chi connectivity index (χ3n) is 2.46. The van der Waals surface area contributed by atoms with Gasteiger partial charge in [-0.3, -0.25) is 0 Å². The molecule has 96 valence electrons. The summed E-state index contributed by atoms with van der Waals surface area (Å²) < 4.78 is 5.61. The Labute approximate surface area is 104 Å². The van der Waals surface area contributed by atoms with Gasteiger partial charge in [0.1, 0.15) is 11.9 Å². The molecule has 0 bridgehead atoms. The van der Waals surface area contributed by atoms with Gasteiger partial charge in [0.05, 0.1) is 0 Å². The second-order valence-corrected chi connectivity index (χ2v) is 4.59. The van der Waals surface area contributed by atoms with Crippen LogP contribution in [0.3, 0.4) is 0 Å². The van der Waals surface area contributed by atoms with Gasteiger partial charge in [0.2, 0.25) is 0 Å². The number of anilines is 1. The molecule has 1 rings (SSSR count). The Morgan fingerprint density at radius 2 is 2.00 bits per heavy atom. The number of rotatable bonds is 6. The molecule has 4 heteroatoms. The third kappa shape index (κ3) is 4.30. The lowest BCUT2D eigenvalue weighted by Gasteiger charge is -2.15. The highest BCUT2D eigenvalue weighted by Gasteiger charge is 2.14. The molecule has 17 heavy (non-hydrogen) atoms. The zero-order valence-corrected chi connectivity index (χ0v) is 11.2. The summed E-state index contributed by atoms with van der Waals surface area (Å²) in [5.41, 5.74) is 6.82. The van der Waals surface area contributed by atoms with Crippen LogP contribution in [0.2, 0.25) is 0 Å². The standard InChI is InChI=1S/C13H23N3O/c1-5-11(17-6-2)13-15-10(7-9(3)4)8-12(14)16-13/h8-9,11H,5-7H2,1-4H3,(H2,14,15,16). The van der Waals surface area contributed by atoms with Crippen molar-refractivity contribution in [2.24, 2.45) is 5.92 Å². The van der Waals surface area contributed by atoms with Crippen molar-refractivity contribution in [1.82, 2.24) is 9.97 Å². The predicted molar refractivity (Wildman–Crippen MR) is 69.6 cm³/mol. The Kier molecular flexibility index (Phi) is 5.35. The van der Waals surface area contributed by atoms with Gasteiger partial charge in [-0.15, -0.1) is 0 Å². The van der Waals surface area contributed by atoms with Crippen molar-refractivity contribution < 1.29 is 4.74 Å². The fourth-order valence-corrected chi connectivity index (χ4v) is 1.78. The fraction of sp³-hybridized carbons (Fsp3) is 0.692. The average Bonchev–Trinajstić information content (AvgIpc) is 2.23. The van der Waals surface area contributed by atoms with E-state index in [0.29, 0.717) is 24.2 Å². The van der Waals surface area contributed by atoms with Crippen LogP contribution in [0, 0.1) is 5.92 Å². The Morgan fingerprint density at radius 3 is 2.53 bits per heavy atom. The van der Waals surface area contributed by atoms with Gasteiger partial charge in [-0.1, -0.05) is 20.8 Å². The molecule has 0 aliphatic carbocycles. The monoisotopic (exact) mass is 237 g/mol. The van der Waals surface area contributed by atoms with E-state index in [1.165, 1.54) is 0 Å². The lowest BCUT2D eigenvalue weighted by atomic mass is 10.1. The van der Waals surface area contributed by atoms with Crippen molar-refractivity contribution >= 4 is 5.82 Å². The number of nitrogens with zero attached hydrogens (tertiary/aromatic N) is 2. The highest BCUT2D eigenvalue weighted by Crippen LogP contribution is 2.19. The summed E-state index contributed by atoms with van der Waals surface area (Å²) in [4.78, 5) is 8.82. The largest absolute Gasteiger partial charge is 0.384 e. The minimum absolute atomic E-state index is 0.0468. The second-order valence-electron chi connectivity index (χ2n) is 4.59. The lowest BCUT2D eigenvalue weighted by Crippen LogP contribution is -2.12. The van der Waals surface area contributed by atoms with Gasteiger partial charge in [-0.2, -0.15) is 0 Å². The zero-order valence-electron chi connectivity index (χ0n) is 11.2. The highest BCUT2D eigenvalue weighted by atomic mass is 16.5. The maximum absolute atomic E-state index is 5.82. The summed E-state index contributed by atoms with van der Waals surface area (Å²) >= 11 is 0. The molecular weight excluding hydrogens is 214 g/mol. The molecule has 0 saturated heterocycles. The molecule has 0 aromatic carbocycles. The lowest BCUT2D eigenvalue weighted by molar-refractivity contribution is 0.0534. The summed E-state index contributed by atoms with van der Waals surface area (Å²) in [7, 11) is 0. The van der Waals surface area contributed by atoms with Crippen LogP contribution < -0.4 is 5.73 Å². The van der Waals surface area contributed by atoms with Gasteiger partial charge in [-0.25, -0.2) is 9.97 Å². The Hall–Kier alpha value is -1.16. The van der Waals surface area contributed by atoms with E-state index in [1.807, 2.05) is 13.0 Å². The topological polar surface area (TPSA) is 61.0 Å². The number of nitrogen functional groups attached to an aromatic ring is 1. The first-order valence-corrected chi connectivity index (χ1v) is 6.31. The SMILES string of the molecule is CCOC(CC)c1nc(N)cc(CC(C)C)n1. The molecule has 1 heterocycles. The molecule has 0 spiro atoms. The van der Waals surface area contributed by atoms with Crippen molar-refractivity contribution in [3.63, 3.8) is 0 Å². The molecule has 0 fully saturated rings. The van der Waals surface area contributed by atoms with E-state index in [2.05, 4.69) is 30.7 Å². The Bertz CT molecular complexity index is 353. The van der Waals surface area contributed by atoms with Gasteiger partial charge in [0, 0.05) is 18.4 Å². The van der Waals surface area contributed by atoms with Gasteiger partial charge >= 0.3 is 0 Å². The third-order valence-corrected chi connectivity index (χ3v) is 2.46. The van der Waals surface area contributed by atoms with E-state index in [-0.39, 0.29) is 6.10 Å². The van der Waals surface area contributed by atoms with Crippen LogP contribution in [0.5, 0.6) is 0 Å². The van der Waals surface area contributed by atoms with E-state index < -0.39 is 0 Å². The van der Waals surface area contributed by atoms with Crippen LogP contribution in [-0.2, 0) is 11.2 Å². The van der Waals surface area contributed by atoms with Crippen LogP contribution in [0.1, 0.15) is 51.7 Å². The van der Waals surface area contributed by atoms with Crippen molar-refractivity contribution in [3.8, 4) is 0 Å². The molecular formula is C13H23N3O. The van der Waals surface area contributed by atoms with Crippen molar-refractivity contribution in [2.45, 2.75) is 46.6 Å². The Balaban J connectivity index is 2.94. The molecule has 1 unspecified atom stereocenters. The fourth-order valence-electron chi connectivity index (χ4n) is 1.78. The quantitative estimate of drug-likeness (QED) is 0.826. The van der Waals surface area contributed by atoms with Gasteiger partial charge in [0.15, 0.2) is 5.82 Å². The Morgan fingerprint density at radius 1 is 1.29 bits per heavy atom. The number of hydrogen-bond donors (Lipinski definition) is 1. The maximum Gasteiger partial charge on any atom is 0.159 e. The van der Waals surface area contributed by atoms with Crippen LogP contribution in [0.15, 0.2) is 6.07 Å². The molecule has 0 saturated carbocycles. The van der Waals surface area contributed by atoms with Gasteiger partial charge in [-0.05, 0) is 25.7 Å². The maximum atomic E-state index is 5.82. The first-order chi connectivity index (χ1) is 8.06. The molecule has 1 aromatic heterocycles. The summed E-state index contributed by atoms with van der Waals surface area (Å²) in [5.74, 6) is 1.80. The highest BCUT2D eigenvalue weighted by molar-refractivity contribution is 5.30.